The summed E-state index contributed by atoms with van der Waals surface area (Å²) < 4.78 is 0. The lowest BCUT2D eigenvalue weighted by molar-refractivity contribution is -0.126. The molecule has 0 radical (unpaired) electrons. The smallest absolute Gasteiger partial charge is 0.252 e. The van der Waals surface area contributed by atoms with Crippen molar-refractivity contribution in [2.24, 2.45) is 5.73 Å². The first kappa shape index (κ1) is 14.5. The number of primary amides is 1. The van der Waals surface area contributed by atoms with Crippen molar-refractivity contribution in [1.82, 2.24) is 10.6 Å². The molecule has 0 saturated heterocycles. The Morgan fingerprint density at radius 3 is 2.53 bits per heavy atom. The van der Waals surface area contributed by atoms with E-state index in [0.29, 0.717) is 11.3 Å². The normalized spacial score (nSPS) is 11.4. The molecule has 0 aliphatic carbocycles. The Hall–Kier alpha value is -2.57. The molecule has 0 bridgehead atoms. The molecule has 6 N–H and O–H groups in total. The van der Waals surface area contributed by atoms with Crippen molar-refractivity contribution in [2.75, 3.05) is 12.8 Å². The standard InChI is InChI=1S/C12H16N4O3/c1-15-12(19)9(6-10(14)17)16-11(18)7-3-2-4-8(13)5-7/h2-5,9H,6,13H2,1H3,(H2,14,17)(H,15,19)(H,16,18). The Kier molecular flexibility index (Phi) is 4.87. The van der Waals surface area contributed by atoms with Crippen molar-refractivity contribution >= 4 is 23.4 Å². The van der Waals surface area contributed by atoms with Crippen molar-refractivity contribution < 1.29 is 14.4 Å². The number of rotatable bonds is 5. The van der Waals surface area contributed by atoms with E-state index in [4.69, 9.17) is 11.5 Å². The van der Waals surface area contributed by atoms with Crippen LogP contribution in [-0.2, 0) is 9.59 Å². The van der Waals surface area contributed by atoms with Crippen molar-refractivity contribution in [3.8, 4) is 0 Å². The van der Waals surface area contributed by atoms with Gasteiger partial charge in [0.15, 0.2) is 0 Å². The average Bonchev–Trinajstić information content (AvgIpc) is 2.36. The molecule has 102 valence electrons. The van der Waals surface area contributed by atoms with E-state index in [0.717, 1.165) is 0 Å². The third-order valence-electron chi connectivity index (χ3n) is 2.42. The zero-order valence-corrected chi connectivity index (χ0v) is 10.5. The van der Waals surface area contributed by atoms with E-state index in [2.05, 4.69) is 10.6 Å². The van der Waals surface area contributed by atoms with E-state index in [9.17, 15) is 14.4 Å². The number of benzene rings is 1. The molecule has 1 aromatic rings. The molecular formula is C12H16N4O3. The first-order chi connectivity index (χ1) is 8.93. The summed E-state index contributed by atoms with van der Waals surface area (Å²) in [5, 5.41) is 4.79. The molecule has 1 aromatic carbocycles. The number of nitrogen functional groups attached to an aromatic ring is 1. The summed E-state index contributed by atoms with van der Waals surface area (Å²) in [6.07, 6.45) is -0.270. The molecule has 0 spiro atoms. The van der Waals surface area contributed by atoms with Crippen LogP contribution < -0.4 is 22.1 Å². The molecule has 3 amide bonds. The number of amides is 3. The molecular weight excluding hydrogens is 248 g/mol. The van der Waals surface area contributed by atoms with Gasteiger partial charge in [-0.3, -0.25) is 14.4 Å². The summed E-state index contributed by atoms with van der Waals surface area (Å²) in [6.45, 7) is 0. The first-order valence-corrected chi connectivity index (χ1v) is 5.60. The van der Waals surface area contributed by atoms with Gasteiger partial charge < -0.3 is 22.1 Å². The Morgan fingerprint density at radius 1 is 1.32 bits per heavy atom. The van der Waals surface area contributed by atoms with Gasteiger partial charge in [0.05, 0.1) is 6.42 Å². The maximum absolute atomic E-state index is 11.9. The van der Waals surface area contributed by atoms with Gasteiger partial charge in [0.2, 0.25) is 11.8 Å². The van der Waals surface area contributed by atoms with E-state index in [1.54, 1.807) is 18.2 Å². The Bertz CT molecular complexity index is 502. The van der Waals surface area contributed by atoms with Gasteiger partial charge in [0.25, 0.3) is 5.91 Å². The van der Waals surface area contributed by atoms with Crippen LogP contribution >= 0.6 is 0 Å². The summed E-state index contributed by atoms with van der Waals surface area (Å²) in [4.78, 5) is 34.3. The molecule has 1 unspecified atom stereocenters. The Labute approximate surface area is 110 Å². The second-order valence-electron chi connectivity index (χ2n) is 3.94. The lowest BCUT2D eigenvalue weighted by atomic mass is 10.1. The number of carbonyl (C=O) groups is 3. The number of nitrogens with one attached hydrogen (secondary N) is 2. The van der Waals surface area contributed by atoms with Crippen LogP contribution in [0.3, 0.4) is 0 Å². The lowest BCUT2D eigenvalue weighted by Crippen LogP contribution is -2.47. The minimum atomic E-state index is -1.00. The molecule has 1 atom stereocenters. The van der Waals surface area contributed by atoms with E-state index in [1.165, 1.54) is 13.1 Å². The van der Waals surface area contributed by atoms with E-state index in [1.807, 2.05) is 0 Å². The minimum Gasteiger partial charge on any atom is -0.399 e. The SMILES string of the molecule is CNC(=O)C(CC(N)=O)NC(=O)c1cccc(N)c1. The maximum Gasteiger partial charge on any atom is 0.252 e. The molecule has 7 nitrogen and oxygen atoms in total. The number of hydrogen-bond donors (Lipinski definition) is 4. The molecule has 19 heavy (non-hydrogen) atoms. The zero-order chi connectivity index (χ0) is 14.4. The zero-order valence-electron chi connectivity index (χ0n) is 10.5. The summed E-state index contributed by atoms with van der Waals surface area (Å²) in [7, 11) is 1.41. The van der Waals surface area contributed by atoms with Crippen LogP contribution in [-0.4, -0.2) is 30.8 Å². The highest BCUT2D eigenvalue weighted by Crippen LogP contribution is 2.07. The van der Waals surface area contributed by atoms with Crippen LogP contribution in [0, 0.1) is 0 Å². The number of likely N-dealkylation sites (N-methyl/N-ethyl adjacent to an activating group) is 1. The van der Waals surface area contributed by atoms with Crippen LogP contribution in [0.5, 0.6) is 0 Å². The van der Waals surface area contributed by atoms with Crippen LogP contribution in [0.15, 0.2) is 24.3 Å². The third-order valence-corrected chi connectivity index (χ3v) is 2.42. The van der Waals surface area contributed by atoms with Gasteiger partial charge in [-0.15, -0.1) is 0 Å². The number of carbonyl (C=O) groups excluding carboxylic acids is 3. The highest BCUT2D eigenvalue weighted by Gasteiger charge is 2.22. The van der Waals surface area contributed by atoms with E-state index >= 15 is 0 Å². The monoisotopic (exact) mass is 264 g/mol. The number of hydrogen-bond acceptors (Lipinski definition) is 4. The summed E-state index contributed by atoms with van der Waals surface area (Å²) >= 11 is 0. The Balaban J connectivity index is 2.81. The summed E-state index contributed by atoms with van der Waals surface area (Å²) in [6, 6.07) is 5.28. The van der Waals surface area contributed by atoms with Crippen LogP contribution in [0.4, 0.5) is 5.69 Å². The van der Waals surface area contributed by atoms with Gasteiger partial charge in [-0.25, -0.2) is 0 Å². The van der Waals surface area contributed by atoms with Gasteiger partial charge in [-0.1, -0.05) is 6.07 Å². The fourth-order valence-corrected chi connectivity index (χ4v) is 1.51. The van der Waals surface area contributed by atoms with Crippen LogP contribution in [0.2, 0.25) is 0 Å². The maximum atomic E-state index is 11.9. The van der Waals surface area contributed by atoms with Crippen molar-refractivity contribution in [3.05, 3.63) is 29.8 Å². The fraction of sp³-hybridized carbons (Fsp3) is 0.250. The fourth-order valence-electron chi connectivity index (χ4n) is 1.51. The molecule has 7 heteroatoms. The number of nitrogens with two attached hydrogens (primary N) is 2. The summed E-state index contributed by atoms with van der Waals surface area (Å²) in [5.74, 6) is -1.67. The molecule has 0 heterocycles. The highest BCUT2D eigenvalue weighted by atomic mass is 16.2. The van der Waals surface area contributed by atoms with Gasteiger partial charge >= 0.3 is 0 Å². The molecule has 0 saturated carbocycles. The van der Waals surface area contributed by atoms with Crippen LogP contribution in [0.25, 0.3) is 0 Å². The van der Waals surface area contributed by atoms with Gasteiger partial charge in [0.1, 0.15) is 6.04 Å². The lowest BCUT2D eigenvalue weighted by Gasteiger charge is -2.15. The van der Waals surface area contributed by atoms with Crippen LogP contribution in [0.1, 0.15) is 16.8 Å². The number of anilines is 1. The van der Waals surface area contributed by atoms with Gasteiger partial charge in [0, 0.05) is 18.3 Å². The van der Waals surface area contributed by atoms with Crippen molar-refractivity contribution in [3.63, 3.8) is 0 Å². The largest absolute Gasteiger partial charge is 0.399 e. The predicted molar refractivity (Wildman–Crippen MR) is 70.0 cm³/mol. The van der Waals surface area contributed by atoms with Crippen molar-refractivity contribution in [2.45, 2.75) is 12.5 Å². The second kappa shape index (κ2) is 6.39. The van der Waals surface area contributed by atoms with Gasteiger partial charge in [-0.05, 0) is 18.2 Å². The van der Waals surface area contributed by atoms with Gasteiger partial charge in [-0.2, -0.15) is 0 Å². The summed E-state index contributed by atoms with van der Waals surface area (Å²) in [5.41, 5.74) is 11.3. The molecule has 0 aromatic heterocycles. The minimum absolute atomic E-state index is 0.270. The predicted octanol–water partition coefficient (Wildman–Crippen LogP) is -1.01. The molecule has 0 aliphatic rings. The second-order valence-corrected chi connectivity index (χ2v) is 3.94. The highest BCUT2D eigenvalue weighted by molar-refractivity contribution is 5.99. The average molecular weight is 264 g/mol. The third kappa shape index (κ3) is 4.30. The quantitative estimate of drug-likeness (QED) is 0.508. The van der Waals surface area contributed by atoms with Crippen molar-refractivity contribution in [1.29, 1.82) is 0 Å². The molecule has 1 rings (SSSR count). The first-order valence-electron chi connectivity index (χ1n) is 5.60. The topological polar surface area (TPSA) is 127 Å². The Morgan fingerprint density at radius 2 is 2.00 bits per heavy atom. The van der Waals surface area contributed by atoms with E-state index in [-0.39, 0.29) is 6.42 Å². The van der Waals surface area contributed by atoms with E-state index < -0.39 is 23.8 Å². The molecule has 0 fully saturated rings. The molecule has 0 aliphatic heterocycles.